The summed E-state index contributed by atoms with van der Waals surface area (Å²) in [4.78, 5) is 0. The first-order valence-electron chi connectivity index (χ1n) is 7.49. The van der Waals surface area contributed by atoms with E-state index in [0.29, 0.717) is 27.6 Å². The van der Waals surface area contributed by atoms with Gasteiger partial charge in [0.1, 0.15) is 5.75 Å². The van der Waals surface area contributed by atoms with Crippen LogP contribution >= 0.6 is 23.8 Å². The van der Waals surface area contributed by atoms with Crippen LogP contribution in [0.25, 0.3) is 11.4 Å². The van der Waals surface area contributed by atoms with Crippen LogP contribution in [0, 0.1) is 4.77 Å². The number of aromatic hydroxyl groups is 1. The summed E-state index contributed by atoms with van der Waals surface area (Å²) in [5, 5.41) is 22.2. The summed E-state index contributed by atoms with van der Waals surface area (Å²) in [5.41, 5.74) is 2.14. The van der Waals surface area contributed by atoms with E-state index in [2.05, 4.69) is 21.9 Å². The Morgan fingerprint density at radius 1 is 1.32 bits per heavy atom. The predicted molar refractivity (Wildman–Crippen MR) is 103 cm³/mol. The van der Waals surface area contributed by atoms with Crippen LogP contribution in [0.2, 0.25) is 5.02 Å². The molecule has 0 bridgehead atoms. The standard InChI is InChI=1S/C18H15ClN4OS/c1-2-5-12-6-3-8-14(16(12)24)11-20-23-17(21-22-18(23)25)13-7-4-9-15(19)10-13/h2-4,6-11,24H,1,5H2,(H,22,25). The Morgan fingerprint density at radius 3 is 2.88 bits per heavy atom. The number of halogens is 1. The molecule has 0 saturated carbocycles. The van der Waals surface area contributed by atoms with Gasteiger partial charge < -0.3 is 5.11 Å². The van der Waals surface area contributed by atoms with E-state index >= 15 is 0 Å². The third kappa shape index (κ3) is 3.70. The van der Waals surface area contributed by atoms with Gasteiger partial charge in [0, 0.05) is 16.1 Å². The Hall–Kier alpha value is -2.70. The number of nitrogens with zero attached hydrogens (tertiary/aromatic N) is 3. The number of hydrogen-bond acceptors (Lipinski definition) is 4. The number of allylic oxidation sites excluding steroid dienone is 1. The van der Waals surface area contributed by atoms with Gasteiger partial charge in [-0.3, -0.25) is 0 Å². The van der Waals surface area contributed by atoms with Crippen LogP contribution in [-0.4, -0.2) is 26.2 Å². The first-order chi connectivity index (χ1) is 12.1. The summed E-state index contributed by atoms with van der Waals surface area (Å²) < 4.78 is 1.83. The van der Waals surface area contributed by atoms with Crippen LogP contribution in [0.15, 0.2) is 60.2 Å². The van der Waals surface area contributed by atoms with Crippen molar-refractivity contribution < 1.29 is 5.11 Å². The number of nitrogens with one attached hydrogen (secondary N) is 1. The molecule has 126 valence electrons. The number of aromatic amines is 1. The third-order valence-electron chi connectivity index (χ3n) is 3.56. The molecule has 0 aliphatic carbocycles. The van der Waals surface area contributed by atoms with Crippen molar-refractivity contribution in [2.75, 3.05) is 0 Å². The normalized spacial score (nSPS) is 11.1. The fourth-order valence-electron chi connectivity index (χ4n) is 2.37. The molecule has 3 rings (SSSR count). The number of phenolic OH excluding ortho intramolecular Hbond substituents is 1. The number of hydrogen-bond donors (Lipinski definition) is 2. The van der Waals surface area contributed by atoms with Gasteiger partial charge >= 0.3 is 0 Å². The number of H-pyrrole nitrogens is 1. The first-order valence-corrected chi connectivity index (χ1v) is 8.28. The van der Waals surface area contributed by atoms with E-state index in [9.17, 15) is 5.11 Å². The molecular weight excluding hydrogens is 356 g/mol. The van der Waals surface area contributed by atoms with Crippen molar-refractivity contribution in [3.05, 3.63) is 76.0 Å². The molecule has 25 heavy (non-hydrogen) atoms. The summed E-state index contributed by atoms with van der Waals surface area (Å²) in [6.07, 6.45) is 3.85. The van der Waals surface area contributed by atoms with Crippen molar-refractivity contribution in [3.63, 3.8) is 0 Å². The molecule has 0 amide bonds. The average Bonchev–Trinajstić information content (AvgIpc) is 2.97. The van der Waals surface area contributed by atoms with E-state index < -0.39 is 0 Å². The highest BCUT2D eigenvalue weighted by atomic mass is 35.5. The predicted octanol–water partition coefficient (Wildman–Crippen LogP) is 4.58. The van der Waals surface area contributed by atoms with Gasteiger partial charge in [-0.2, -0.15) is 14.9 Å². The second kappa shape index (κ2) is 7.46. The number of aromatic nitrogens is 3. The third-order valence-corrected chi connectivity index (χ3v) is 4.06. The lowest BCUT2D eigenvalue weighted by atomic mass is 10.1. The second-order valence-electron chi connectivity index (χ2n) is 5.27. The lowest BCUT2D eigenvalue weighted by molar-refractivity contribution is 0.469. The Kier molecular flexibility index (Phi) is 5.11. The highest BCUT2D eigenvalue weighted by Gasteiger charge is 2.09. The van der Waals surface area contributed by atoms with Crippen LogP contribution in [0.1, 0.15) is 11.1 Å². The largest absolute Gasteiger partial charge is 0.507 e. The summed E-state index contributed by atoms with van der Waals surface area (Å²) in [5.74, 6) is 0.705. The lowest BCUT2D eigenvalue weighted by Gasteiger charge is -2.05. The Bertz CT molecular complexity index is 1010. The highest BCUT2D eigenvalue weighted by molar-refractivity contribution is 7.71. The number of phenols is 1. The van der Waals surface area contributed by atoms with Crippen molar-refractivity contribution in [3.8, 4) is 17.1 Å². The van der Waals surface area contributed by atoms with Gasteiger partial charge in [-0.1, -0.05) is 41.9 Å². The Morgan fingerprint density at radius 2 is 2.12 bits per heavy atom. The molecule has 1 aromatic heterocycles. The van der Waals surface area contributed by atoms with Crippen molar-refractivity contribution in [1.29, 1.82) is 0 Å². The van der Waals surface area contributed by atoms with Crippen molar-refractivity contribution in [2.45, 2.75) is 6.42 Å². The van der Waals surface area contributed by atoms with Gasteiger partial charge in [-0.25, -0.2) is 5.10 Å². The zero-order chi connectivity index (χ0) is 17.8. The summed E-state index contributed by atoms with van der Waals surface area (Å²) in [6, 6.07) is 12.7. The van der Waals surface area contributed by atoms with E-state index in [1.54, 1.807) is 30.5 Å². The number of benzene rings is 2. The number of rotatable bonds is 5. The van der Waals surface area contributed by atoms with E-state index in [1.807, 2.05) is 24.3 Å². The van der Waals surface area contributed by atoms with Crippen LogP contribution < -0.4 is 0 Å². The van der Waals surface area contributed by atoms with Gasteiger partial charge in [0.2, 0.25) is 4.77 Å². The van der Waals surface area contributed by atoms with Crippen LogP contribution in [0.4, 0.5) is 0 Å². The van der Waals surface area contributed by atoms with Crippen LogP contribution in [-0.2, 0) is 6.42 Å². The molecular formula is C18H15ClN4OS. The smallest absolute Gasteiger partial charge is 0.216 e. The lowest BCUT2D eigenvalue weighted by Crippen LogP contribution is -1.96. The van der Waals surface area contributed by atoms with Crippen LogP contribution in [0.5, 0.6) is 5.75 Å². The molecule has 7 heteroatoms. The van der Waals surface area contributed by atoms with Crippen molar-refractivity contribution in [1.82, 2.24) is 14.9 Å². The monoisotopic (exact) mass is 370 g/mol. The molecule has 0 unspecified atom stereocenters. The maximum absolute atomic E-state index is 10.3. The Balaban J connectivity index is 2.01. The second-order valence-corrected chi connectivity index (χ2v) is 6.09. The minimum atomic E-state index is 0.172. The van der Waals surface area contributed by atoms with E-state index in [-0.39, 0.29) is 5.75 Å². The fraction of sp³-hybridized carbons (Fsp3) is 0.0556. The van der Waals surface area contributed by atoms with Gasteiger partial charge in [0.25, 0.3) is 0 Å². The van der Waals surface area contributed by atoms with Gasteiger partial charge in [-0.15, -0.1) is 6.58 Å². The maximum Gasteiger partial charge on any atom is 0.216 e. The van der Waals surface area contributed by atoms with Crippen molar-refractivity contribution in [2.24, 2.45) is 5.10 Å². The van der Waals surface area contributed by atoms with Gasteiger partial charge in [-0.05, 0) is 42.4 Å². The van der Waals surface area contributed by atoms with Crippen molar-refractivity contribution >= 4 is 30.0 Å². The maximum atomic E-state index is 10.3. The zero-order valence-electron chi connectivity index (χ0n) is 13.2. The van der Waals surface area contributed by atoms with Crippen LogP contribution in [0.3, 0.4) is 0 Å². The fourth-order valence-corrected chi connectivity index (χ4v) is 2.74. The minimum Gasteiger partial charge on any atom is -0.507 e. The minimum absolute atomic E-state index is 0.172. The molecule has 0 aliphatic heterocycles. The summed E-state index contributed by atoms with van der Waals surface area (Å²) in [7, 11) is 0. The first kappa shape index (κ1) is 17.1. The average molecular weight is 371 g/mol. The number of para-hydroxylation sites is 1. The zero-order valence-corrected chi connectivity index (χ0v) is 14.8. The van der Waals surface area contributed by atoms with E-state index in [4.69, 9.17) is 23.8 Å². The highest BCUT2D eigenvalue weighted by Crippen LogP contribution is 2.23. The van der Waals surface area contributed by atoms with E-state index in [1.165, 1.54) is 4.68 Å². The summed E-state index contributed by atoms with van der Waals surface area (Å²) in [6.45, 7) is 3.69. The molecule has 3 aromatic rings. The van der Waals surface area contributed by atoms with Gasteiger partial charge in [0.15, 0.2) is 5.82 Å². The topological polar surface area (TPSA) is 66.2 Å². The quantitative estimate of drug-likeness (QED) is 0.392. The molecule has 0 saturated heterocycles. The molecule has 0 radical (unpaired) electrons. The molecule has 1 heterocycles. The SMILES string of the molecule is C=CCc1cccc(C=Nn2c(-c3cccc(Cl)c3)n[nH]c2=S)c1O. The van der Waals surface area contributed by atoms with E-state index in [0.717, 1.165) is 11.1 Å². The Labute approximate surface area is 154 Å². The van der Waals surface area contributed by atoms with Gasteiger partial charge in [0.05, 0.1) is 6.21 Å². The molecule has 2 aromatic carbocycles. The molecule has 0 aliphatic rings. The molecule has 0 atom stereocenters. The molecule has 2 N–H and O–H groups in total. The summed E-state index contributed by atoms with van der Waals surface area (Å²) >= 11 is 11.3. The molecule has 0 fully saturated rings. The molecule has 0 spiro atoms. The molecule has 5 nitrogen and oxygen atoms in total.